The lowest BCUT2D eigenvalue weighted by atomic mass is 10.2. The van der Waals surface area contributed by atoms with Crippen LogP contribution in [0.4, 0.5) is 0 Å². The van der Waals surface area contributed by atoms with Crippen molar-refractivity contribution < 1.29 is 8.94 Å². The smallest absolute Gasteiger partial charge is 0.228 e. The summed E-state index contributed by atoms with van der Waals surface area (Å²) in [5.74, 6) is 1.26. The van der Waals surface area contributed by atoms with Gasteiger partial charge in [-0.3, -0.25) is 0 Å². The number of aromatic nitrogens is 2. The molecule has 4 rings (SSSR count). The van der Waals surface area contributed by atoms with Gasteiger partial charge in [-0.15, -0.1) is 0 Å². The minimum absolute atomic E-state index is 0.594. The molecular formula is C15H15N3O2. The Balaban J connectivity index is 1.54. The first-order valence-electron chi connectivity index (χ1n) is 6.93. The van der Waals surface area contributed by atoms with E-state index in [-0.39, 0.29) is 0 Å². The number of benzene rings is 1. The van der Waals surface area contributed by atoms with Gasteiger partial charge in [-0.1, -0.05) is 23.4 Å². The van der Waals surface area contributed by atoms with Crippen LogP contribution >= 0.6 is 0 Å². The summed E-state index contributed by atoms with van der Waals surface area (Å²) in [7, 11) is 0. The summed E-state index contributed by atoms with van der Waals surface area (Å²) in [4.78, 5) is 4.44. The van der Waals surface area contributed by atoms with Gasteiger partial charge in [0.05, 0.1) is 5.56 Å². The maximum atomic E-state index is 5.50. The zero-order chi connectivity index (χ0) is 13.4. The summed E-state index contributed by atoms with van der Waals surface area (Å²) in [5.41, 5.74) is 1.72. The molecule has 1 aliphatic carbocycles. The van der Waals surface area contributed by atoms with E-state index in [1.54, 1.807) is 6.26 Å². The Bertz CT molecular complexity index is 727. The SMILES string of the molecule is c1ccc2c(-c3noc(CCNC4CC4)n3)coc2c1. The molecule has 0 bridgehead atoms. The number of fused-ring (bicyclic) bond motifs is 1. The molecule has 5 heteroatoms. The van der Waals surface area contributed by atoms with E-state index in [9.17, 15) is 0 Å². The molecule has 0 atom stereocenters. The van der Waals surface area contributed by atoms with Crippen molar-refractivity contribution in [3.05, 3.63) is 36.4 Å². The van der Waals surface area contributed by atoms with Crippen LogP contribution in [0, 0.1) is 0 Å². The lowest BCUT2D eigenvalue weighted by Gasteiger charge is -1.97. The van der Waals surface area contributed by atoms with Crippen LogP contribution in [0.5, 0.6) is 0 Å². The monoisotopic (exact) mass is 269 g/mol. The zero-order valence-electron chi connectivity index (χ0n) is 11.0. The second-order valence-electron chi connectivity index (χ2n) is 5.14. The topological polar surface area (TPSA) is 64.1 Å². The molecule has 0 radical (unpaired) electrons. The fourth-order valence-corrected chi connectivity index (χ4v) is 2.29. The molecule has 0 spiro atoms. The molecule has 0 amide bonds. The largest absolute Gasteiger partial charge is 0.464 e. The Hall–Kier alpha value is -2.14. The third-order valence-electron chi connectivity index (χ3n) is 3.54. The van der Waals surface area contributed by atoms with E-state index in [4.69, 9.17) is 8.94 Å². The molecule has 0 unspecified atom stereocenters. The molecule has 1 N–H and O–H groups in total. The van der Waals surface area contributed by atoms with Crippen molar-refractivity contribution in [2.75, 3.05) is 6.54 Å². The van der Waals surface area contributed by atoms with Gasteiger partial charge in [-0.25, -0.2) is 0 Å². The molecule has 1 fully saturated rings. The van der Waals surface area contributed by atoms with E-state index in [0.717, 1.165) is 29.5 Å². The number of nitrogens with zero attached hydrogens (tertiary/aromatic N) is 2. The van der Waals surface area contributed by atoms with Crippen LogP contribution in [0.3, 0.4) is 0 Å². The van der Waals surface area contributed by atoms with E-state index in [2.05, 4.69) is 15.5 Å². The molecule has 3 aromatic rings. The van der Waals surface area contributed by atoms with Gasteiger partial charge in [0.15, 0.2) is 0 Å². The highest BCUT2D eigenvalue weighted by Gasteiger charge is 2.20. The van der Waals surface area contributed by atoms with Crippen molar-refractivity contribution in [1.82, 2.24) is 15.5 Å². The van der Waals surface area contributed by atoms with E-state index in [0.29, 0.717) is 17.8 Å². The van der Waals surface area contributed by atoms with Crippen LogP contribution in [0.15, 0.2) is 39.5 Å². The number of rotatable bonds is 5. The van der Waals surface area contributed by atoms with Gasteiger partial charge in [-0.2, -0.15) is 4.98 Å². The van der Waals surface area contributed by atoms with Gasteiger partial charge in [0.25, 0.3) is 0 Å². The average molecular weight is 269 g/mol. The average Bonchev–Trinajstić information content (AvgIpc) is 3.01. The number of nitrogens with one attached hydrogen (secondary N) is 1. The summed E-state index contributed by atoms with van der Waals surface area (Å²) < 4.78 is 10.8. The number of hydrogen-bond acceptors (Lipinski definition) is 5. The van der Waals surface area contributed by atoms with Gasteiger partial charge < -0.3 is 14.3 Å². The van der Waals surface area contributed by atoms with Crippen LogP contribution in [0.2, 0.25) is 0 Å². The van der Waals surface area contributed by atoms with Crippen LogP contribution in [-0.4, -0.2) is 22.7 Å². The van der Waals surface area contributed by atoms with E-state index >= 15 is 0 Å². The first-order valence-corrected chi connectivity index (χ1v) is 6.93. The van der Waals surface area contributed by atoms with Crippen LogP contribution < -0.4 is 5.32 Å². The molecule has 20 heavy (non-hydrogen) atoms. The predicted octanol–water partition coefficient (Wildman–Crippen LogP) is 2.78. The molecule has 1 saturated carbocycles. The maximum Gasteiger partial charge on any atom is 0.228 e. The Kier molecular flexibility index (Phi) is 2.77. The lowest BCUT2D eigenvalue weighted by Crippen LogP contribution is -2.19. The normalized spacial score (nSPS) is 15.0. The second kappa shape index (κ2) is 4.76. The number of hydrogen-bond donors (Lipinski definition) is 1. The summed E-state index contributed by atoms with van der Waals surface area (Å²) in [6.07, 6.45) is 5.02. The standard InChI is InChI=1S/C15H15N3O2/c1-2-4-13-11(3-1)12(9-19-13)15-17-14(20-18-15)7-8-16-10-5-6-10/h1-4,9-10,16H,5-8H2. The van der Waals surface area contributed by atoms with Gasteiger partial charge in [-0.05, 0) is 18.9 Å². The fraction of sp³-hybridized carbons (Fsp3) is 0.333. The third kappa shape index (κ3) is 2.20. The minimum atomic E-state index is 0.594. The van der Waals surface area contributed by atoms with Crippen molar-refractivity contribution in [2.24, 2.45) is 0 Å². The highest BCUT2D eigenvalue weighted by Crippen LogP contribution is 2.28. The molecular weight excluding hydrogens is 254 g/mol. The van der Waals surface area contributed by atoms with E-state index in [1.165, 1.54) is 12.8 Å². The van der Waals surface area contributed by atoms with Crippen molar-refractivity contribution in [1.29, 1.82) is 0 Å². The molecule has 0 saturated heterocycles. The summed E-state index contributed by atoms with van der Waals surface area (Å²) >= 11 is 0. The molecule has 1 aliphatic rings. The molecule has 0 aliphatic heterocycles. The minimum Gasteiger partial charge on any atom is -0.464 e. The summed E-state index contributed by atoms with van der Waals surface area (Å²) in [6, 6.07) is 8.55. The Morgan fingerprint density at radius 3 is 3.05 bits per heavy atom. The molecule has 2 heterocycles. The van der Waals surface area contributed by atoms with Crippen molar-refractivity contribution in [3.63, 3.8) is 0 Å². The molecule has 102 valence electrons. The van der Waals surface area contributed by atoms with Crippen molar-refractivity contribution in [2.45, 2.75) is 25.3 Å². The first-order chi connectivity index (χ1) is 9.90. The molecule has 2 aromatic heterocycles. The van der Waals surface area contributed by atoms with Crippen LogP contribution in [-0.2, 0) is 6.42 Å². The Morgan fingerprint density at radius 1 is 1.25 bits per heavy atom. The predicted molar refractivity (Wildman–Crippen MR) is 74.2 cm³/mol. The Morgan fingerprint density at radius 2 is 2.15 bits per heavy atom. The van der Waals surface area contributed by atoms with Gasteiger partial charge in [0.2, 0.25) is 11.7 Å². The van der Waals surface area contributed by atoms with Crippen LogP contribution in [0.1, 0.15) is 18.7 Å². The van der Waals surface area contributed by atoms with Crippen molar-refractivity contribution >= 4 is 11.0 Å². The van der Waals surface area contributed by atoms with Gasteiger partial charge >= 0.3 is 0 Å². The second-order valence-corrected chi connectivity index (χ2v) is 5.14. The summed E-state index contributed by atoms with van der Waals surface area (Å²) in [6.45, 7) is 0.887. The summed E-state index contributed by atoms with van der Waals surface area (Å²) in [5, 5.41) is 8.49. The highest BCUT2D eigenvalue weighted by molar-refractivity contribution is 5.91. The van der Waals surface area contributed by atoms with E-state index in [1.807, 2.05) is 24.3 Å². The van der Waals surface area contributed by atoms with Gasteiger partial charge in [0.1, 0.15) is 11.8 Å². The number of furan rings is 1. The third-order valence-corrected chi connectivity index (χ3v) is 3.54. The zero-order valence-corrected chi connectivity index (χ0v) is 11.0. The molecule has 5 nitrogen and oxygen atoms in total. The lowest BCUT2D eigenvalue weighted by molar-refractivity contribution is 0.376. The van der Waals surface area contributed by atoms with Crippen molar-refractivity contribution in [3.8, 4) is 11.4 Å². The fourth-order valence-electron chi connectivity index (χ4n) is 2.29. The van der Waals surface area contributed by atoms with Gasteiger partial charge in [0, 0.05) is 24.4 Å². The van der Waals surface area contributed by atoms with Crippen LogP contribution in [0.25, 0.3) is 22.4 Å². The van der Waals surface area contributed by atoms with E-state index < -0.39 is 0 Å². The highest BCUT2D eigenvalue weighted by atomic mass is 16.5. The first kappa shape index (κ1) is 11.7. The maximum absolute atomic E-state index is 5.50. The quantitative estimate of drug-likeness (QED) is 0.771. The Labute approximate surface area is 116 Å². The number of para-hydroxylation sites is 1. The molecule has 1 aromatic carbocycles.